The first kappa shape index (κ1) is 23.8. The van der Waals surface area contributed by atoms with Crippen LogP contribution in [0.5, 0.6) is 5.75 Å². The molecule has 15 heteroatoms. The van der Waals surface area contributed by atoms with Gasteiger partial charge in [-0.2, -0.15) is 0 Å². The number of nitro groups is 1. The van der Waals surface area contributed by atoms with Crippen molar-refractivity contribution in [2.75, 3.05) is 6.61 Å². The monoisotopic (exact) mass is 497 g/mol. The van der Waals surface area contributed by atoms with Crippen molar-refractivity contribution < 1.29 is 37.3 Å². The molecule has 1 saturated heterocycles. The summed E-state index contributed by atoms with van der Waals surface area (Å²) in [6, 6.07) is 3.73. The van der Waals surface area contributed by atoms with Crippen molar-refractivity contribution in [2.24, 2.45) is 0 Å². The second-order valence-electron chi connectivity index (χ2n) is 7.65. The maximum Gasteiger partial charge on any atom is 0.530 e. The predicted octanol–water partition coefficient (Wildman–Crippen LogP) is 1.71. The third kappa shape index (κ3) is 4.94. The van der Waals surface area contributed by atoms with Gasteiger partial charge in [0, 0.05) is 42.8 Å². The van der Waals surface area contributed by atoms with Gasteiger partial charge >= 0.3 is 19.5 Å². The number of fused-ring (bicyclic) bond motifs is 1. The van der Waals surface area contributed by atoms with Gasteiger partial charge in [0.25, 0.3) is 11.2 Å². The number of hydrogen-bond acceptors (Lipinski definition) is 11. The summed E-state index contributed by atoms with van der Waals surface area (Å²) in [4.78, 5) is 47.9. The van der Waals surface area contributed by atoms with Crippen LogP contribution in [-0.4, -0.2) is 39.3 Å². The number of benzene rings is 1. The van der Waals surface area contributed by atoms with Crippen LogP contribution in [0.15, 0.2) is 34.0 Å². The highest BCUT2D eigenvalue weighted by Gasteiger charge is 2.42. The molecule has 2 aliphatic rings. The molecule has 0 saturated carbocycles. The van der Waals surface area contributed by atoms with E-state index < -0.39 is 48.4 Å². The van der Waals surface area contributed by atoms with E-state index in [0.29, 0.717) is 5.56 Å². The van der Waals surface area contributed by atoms with E-state index in [1.807, 2.05) is 0 Å². The number of carbonyl (C=O) groups is 1. The van der Waals surface area contributed by atoms with Crippen LogP contribution in [0.3, 0.4) is 0 Å². The number of non-ortho nitro benzene ring substituents is 1. The molecule has 0 bridgehead atoms. The minimum atomic E-state index is -4.12. The molecule has 1 unspecified atom stereocenters. The number of rotatable bonds is 6. The van der Waals surface area contributed by atoms with E-state index in [9.17, 15) is 29.1 Å². The fourth-order valence-corrected chi connectivity index (χ4v) is 4.79. The predicted molar refractivity (Wildman–Crippen MR) is 112 cm³/mol. The molecule has 1 N–H and O–H groups in total. The molecule has 182 valence electrons. The van der Waals surface area contributed by atoms with Crippen molar-refractivity contribution >= 4 is 19.5 Å². The van der Waals surface area contributed by atoms with Gasteiger partial charge in [-0.15, -0.1) is 0 Å². The minimum Gasteiger partial charge on any atom is -0.460 e. The number of H-pyrrole nitrogens is 1. The van der Waals surface area contributed by atoms with E-state index >= 15 is 0 Å². The van der Waals surface area contributed by atoms with Crippen molar-refractivity contribution in [3.63, 3.8) is 0 Å². The van der Waals surface area contributed by atoms with Crippen LogP contribution in [0.2, 0.25) is 0 Å². The zero-order chi connectivity index (χ0) is 24.6. The molecule has 0 spiro atoms. The quantitative estimate of drug-likeness (QED) is 0.266. The molecular weight excluding hydrogens is 477 g/mol. The highest BCUT2D eigenvalue weighted by molar-refractivity contribution is 7.49. The van der Waals surface area contributed by atoms with Crippen molar-refractivity contribution in [1.82, 2.24) is 9.55 Å². The molecule has 4 atom stereocenters. The van der Waals surface area contributed by atoms with E-state index in [2.05, 4.69) is 4.98 Å². The van der Waals surface area contributed by atoms with Gasteiger partial charge in [0.15, 0.2) is 0 Å². The summed E-state index contributed by atoms with van der Waals surface area (Å²) in [6.45, 7) is 2.09. The summed E-state index contributed by atoms with van der Waals surface area (Å²) >= 11 is 0. The number of nitrogens with one attached hydrogen (secondary N) is 1. The van der Waals surface area contributed by atoms with Crippen LogP contribution in [0.25, 0.3) is 0 Å². The average Bonchev–Trinajstić information content (AvgIpc) is 3.16. The number of aromatic nitrogens is 2. The molecule has 14 nitrogen and oxygen atoms in total. The summed E-state index contributed by atoms with van der Waals surface area (Å²) in [6.07, 6.45) is -1.29. The average molecular weight is 497 g/mol. The lowest BCUT2D eigenvalue weighted by atomic mass is 10.2. The summed E-state index contributed by atoms with van der Waals surface area (Å²) in [5.41, 5.74) is -0.815. The molecule has 1 aromatic heterocycles. The van der Waals surface area contributed by atoms with Crippen LogP contribution in [-0.2, 0) is 34.5 Å². The lowest BCUT2D eigenvalue weighted by Crippen LogP contribution is -2.33. The Morgan fingerprint density at radius 2 is 2.15 bits per heavy atom. The zero-order valence-electron chi connectivity index (χ0n) is 18.0. The standard InChI is InChI=1S/C19H20N3O11P/c1-10-7-21(19(25)20-18(10)24)17-6-15(31-11(2)23)16(32-17)9-30-34(28)29-8-12-5-13(22(26)27)3-4-14(12)33-34/h3-5,7,15-17H,6,8-9H2,1-2H3,(H,20,24,25)/t15-,16+,17+,34?/m0/s1. The Morgan fingerprint density at radius 3 is 2.85 bits per heavy atom. The van der Waals surface area contributed by atoms with Crippen LogP contribution in [0, 0.1) is 17.0 Å². The van der Waals surface area contributed by atoms with Gasteiger partial charge in [0.2, 0.25) is 0 Å². The third-order valence-electron chi connectivity index (χ3n) is 5.19. The Morgan fingerprint density at radius 1 is 1.38 bits per heavy atom. The molecule has 3 heterocycles. The first-order valence-electron chi connectivity index (χ1n) is 10.1. The number of esters is 1. The number of nitrogens with zero attached hydrogens (tertiary/aromatic N) is 2. The number of phosphoric acid groups is 1. The first-order chi connectivity index (χ1) is 16.0. The minimum absolute atomic E-state index is 0.0670. The van der Waals surface area contributed by atoms with Crippen molar-refractivity contribution in [2.45, 2.75) is 45.3 Å². The third-order valence-corrected chi connectivity index (χ3v) is 6.53. The number of aryl methyl sites for hydroxylation is 1. The van der Waals surface area contributed by atoms with Crippen molar-refractivity contribution in [3.8, 4) is 5.75 Å². The molecule has 0 radical (unpaired) electrons. The Balaban J connectivity index is 1.48. The van der Waals surface area contributed by atoms with Crippen molar-refractivity contribution in [1.29, 1.82) is 0 Å². The Bertz CT molecular complexity index is 1300. The van der Waals surface area contributed by atoms with Crippen LogP contribution in [0.1, 0.15) is 30.7 Å². The van der Waals surface area contributed by atoms with Gasteiger partial charge in [-0.3, -0.25) is 38.3 Å². The fourth-order valence-electron chi connectivity index (χ4n) is 3.56. The topological polar surface area (TPSA) is 178 Å². The lowest BCUT2D eigenvalue weighted by Gasteiger charge is -2.26. The van der Waals surface area contributed by atoms with E-state index in [1.165, 1.54) is 38.2 Å². The number of phosphoric ester groups is 1. The first-order valence-corrected chi connectivity index (χ1v) is 11.5. The van der Waals surface area contributed by atoms with E-state index in [4.69, 9.17) is 23.0 Å². The number of aromatic amines is 1. The normalized spacial score (nSPS) is 25.9. The lowest BCUT2D eigenvalue weighted by molar-refractivity contribution is -0.385. The van der Waals surface area contributed by atoms with Crippen molar-refractivity contribution in [3.05, 3.63) is 66.5 Å². The Kier molecular flexibility index (Phi) is 6.41. The van der Waals surface area contributed by atoms with Gasteiger partial charge in [0.1, 0.15) is 24.2 Å². The van der Waals surface area contributed by atoms with Gasteiger partial charge in [-0.1, -0.05) is 0 Å². The van der Waals surface area contributed by atoms with Gasteiger partial charge < -0.3 is 14.0 Å². The zero-order valence-corrected chi connectivity index (χ0v) is 18.9. The van der Waals surface area contributed by atoms with E-state index in [-0.39, 0.29) is 36.6 Å². The fraction of sp³-hybridized carbons (Fsp3) is 0.421. The van der Waals surface area contributed by atoms with Gasteiger partial charge in [0.05, 0.1) is 18.1 Å². The largest absolute Gasteiger partial charge is 0.530 e. The SMILES string of the molecule is CC(=O)O[C@H]1C[C@H](n2cc(C)c(=O)[nH]c2=O)O[C@@H]1COP1(=O)OCc2cc([N+](=O)[O-])ccc2O1. The summed E-state index contributed by atoms with van der Waals surface area (Å²) in [5, 5.41) is 10.9. The number of hydrogen-bond donors (Lipinski definition) is 1. The summed E-state index contributed by atoms with van der Waals surface area (Å²) in [7, 11) is -4.12. The van der Waals surface area contributed by atoms with Crippen LogP contribution < -0.4 is 15.8 Å². The Labute approximate surface area is 191 Å². The molecule has 34 heavy (non-hydrogen) atoms. The second-order valence-corrected chi connectivity index (χ2v) is 9.24. The Hall–Kier alpha value is -3.32. The number of carbonyl (C=O) groups excluding carboxylic acids is 1. The molecule has 4 rings (SSSR count). The van der Waals surface area contributed by atoms with Crippen LogP contribution in [0.4, 0.5) is 5.69 Å². The summed E-state index contributed by atoms with van der Waals surface area (Å²) in [5.74, 6) is -0.492. The molecule has 2 aromatic rings. The number of ether oxygens (including phenoxy) is 2. The molecular formula is C19H20N3O11P. The van der Waals surface area contributed by atoms with Crippen LogP contribution >= 0.6 is 7.82 Å². The maximum absolute atomic E-state index is 12.9. The van der Waals surface area contributed by atoms with Gasteiger partial charge in [-0.05, 0) is 13.0 Å². The molecule has 1 aromatic carbocycles. The smallest absolute Gasteiger partial charge is 0.460 e. The highest BCUT2D eigenvalue weighted by Crippen LogP contribution is 2.55. The van der Waals surface area contributed by atoms with Gasteiger partial charge in [-0.25, -0.2) is 9.36 Å². The number of nitro benzene ring substituents is 1. The molecule has 1 fully saturated rings. The van der Waals surface area contributed by atoms with E-state index in [1.54, 1.807) is 0 Å². The highest BCUT2D eigenvalue weighted by atomic mass is 31.2. The molecule has 0 amide bonds. The molecule has 0 aliphatic carbocycles. The second kappa shape index (κ2) is 9.14. The van der Waals surface area contributed by atoms with E-state index in [0.717, 1.165) is 4.57 Å². The summed E-state index contributed by atoms with van der Waals surface area (Å²) < 4.78 is 41.1. The molecule has 2 aliphatic heterocycles. The maximum atomic E-state index is 12.9.